The minimum Gasteiger partial charge on any atom is -0.493 e. The Labute approximate surface area is 240 Å². The van der Waals surface area contributed by atoms with Crippen LogP contribution in [0.4, 0.5) is 11.4 Å². The molecule has 1 aromatic heterocycles. The van der Waals surface area contributed by atoms with Crippen molar-refractivity contribution in [3.8, 4) is 23.0 Å². The van der Waals surface area contributed by atoms with E-state index < -0.39 is 0 Å². The van der Waals surface area contributed by atoms with Gasteiger partial charge in [-0.15, -0.1) is 0 Å². The predicted molar refractivity (Wildman–Crippen MR) is 160 cm³/mol. The summed E-state index contributed by atoms with van der Waals surface area (Å²) in [6.45, 7) is 6.21. The monoisotopic (exact) mass is 565 g/mol. The van der Waals surface area contributed by atoms with Crippen LogP contribution in [0, 0.1) is 0 Å². The van der Waals surface area contributed by atoms with Crippen LogP contribution in [-0.4, -0.2) is 66.7 Å². The molecular formula is C31H36ClN3O5. The number of nitrogens with one attached hydrogen (secondary N) is 1. The normalized spacial score (nSPS) is 11.3. The van der Waals surface area contributed by atoms with Crippen LogP contribution in [0.3, 0.4) is 0 Å². The third-order valence-corrected chi connectivity index (χ3v) is 6.80. The highest BCUT2D eigenvalue weighted by Gasteiger charge is 2.14. The number of aromatic nitrogens is 1. The van der Waals surface area contributed by atoms with E-state index in [1.807, 2.05) is 35.2 Å². The van der Waals surface area contributed by atoms with E-state index in [4.69, 9.17) is 25.8 Å². The van der Waals surface area contributed by atoms with E-state index in [0.717, 1.165) is 16.8 Å². The van der Waals surface area contributed by atoms with Crippen LogP contribution < -0.4 is 19.5 Å². The Morgan fingerprint density at radius 3 is 2.23 bits per heavy atom. The van der Waals surface area contributed by atoms with Crippen molar-refractivity contribution >= 4 is 33.9 Å². The first-order chi connectivity index (χ1) is 19.4. The Morgan fingerprint density at radius 1 is 0.850 bits per heavy atom. The number of hydrogen-bond donors (Lipinski definition) is 3. The molecule has 1 heterocycles. The molecule has 0 unspecified atom stereocenters. The molecule has 0 atom stereocenters. The molecule has 0 aliphatic rings. The molecule has 0 bridgehead atoms. The highest BCUT2D eigenvalue weighted by Crippen LogP contribution is 2.39. The second-order valence-electron chi connectivity index (χ2n) is 9.62. The number of ether oxygens (including phenoxy) is 3. The zero-order valence-corrected chi connectivity index (χ0v) is 23.8. The summed E-state index contributed by atoms with van der Waals surface area (Å²) in [6, 6.07) is 19.4. The molecular weight excluding hydrogens is 530 g/mol. The van der Waals surface area contributed by atoms with Gasteiger partial charge in [0.1, 0.15) is 18.1 Å². The minimum atomic E-state index is 0.0154. The van der Waals surface area contributed by atoms with Crippen molar-refractivity contribution in [1.82, 2.24) is 9.88 Å². The molecule has 0 saturated heterocycles. The van der Waals surface area contributed by atoms with E-state index in [1.165, 1.54) is 5.56 Å². The van der Waals surface area contributed by atoms with E-state index in [9.17, 15) is 10.2 Å². The summed E-state index contributed by atoms with van der Waals surface area (Å²) in [5.41, 5.74) is 3.80. The average Bonchev–Trinajstić information content (AvgIpc) is 2.94. The van der Waals surface area contributed by atoms with E-state index in [2.05, 4.69) is 48.4 Å². The maximum Gasteiger partial charge on any atom is 0.163 e. The number of methoxy groups -OCH3 is 1. The molecule has 3 N–H and O–H groups in total. The molecule has 0 saturated carbocycles. The van der Waals surface area contributed by atoms with Crippen LogP contribution >= 0.6 is 11.6 Å². The zero-order chi connectivity index (χ0) is 28.5. The zero-order valence-electron chi connectivity index (χ0n) is 23.1. The Bertz CT molecular complexity index is 1390. The van der Waals surface area contributed by atoms with E-state index >= 15 is 0 Å². The van der Waals surface area contributed by atoms with Crippen LogP contribution in [0.1, 0.15) is 25.3 Å². The van der Waals surface area contributed by atoms with Gasteiger partial charge in [0, 0.05) is 48.7 Å². The number of fused-ring (bicyclic) bond motifs is 1. The van der Waals surface area contributed by atoms with Crippen LogP contribution in [0.15, 0.2) is 66.9 Å². The molecule has 0 amide bonds. The van der Waals surface area contributed by atoms with Gasteiger partial charge < -0.3 is 29.7 Å². The first-order valence-corrected chi connectivity index (χ1v) is 13.7. The lowest BCUT2D eigenvalue weighted by atomic mass is 10.0. The lowest BCUT2D eigenvalue weighted by Crippen LogP contribution is -2.33. The smallest absolute Gasteiger partial charge is 0.163 e. The number of aliphatic hydroxyl groups excluding tert-OH is 2. The second kappa shape index (κ2) is 14.2. The highest BCUT2D eigenvalue weighted by atomic mass is 35.5. The molecule has 0 spiro atoms. The average molecular weight is 566 g/mol. The van der Waals surface area contributed by atoms with Gasteiger partial charge in [0.15, 0.2) is 11.5 Å². The van der Waals surface area contributed by atoms with Gasteiger partial charge in [-0.3, -0.25) is 9.88 Å². The molecule has 8 nitrogen and oxygen atoms in total. The summed E-state index contributed by atoms with van der Waals surface area (Å²) in [7, 11) is 1.58. The number of anilines is 2. The third kappa shape index (κ3) is 7.55. The fourth-order valence-corrected chi connectivity index (χ4v) is 4.51. The fraction of sp³-hybridized carbons (Fsp3) is 0.323. The second-order valence-corrected chi connectivity index (χ2v) is 10.0. The van der Waals surface area contributed by atoms with Gasteiger partial charge in [0.25, 0.3) is 0 Å². The molecule has 0 radical (unpaired) electrons. The summed E-state index contributed by atoms with van der Waals surface area (Å²) in [6.07, 6.45) is 1.67. The van der Waals surface area contributed by atoms with Crippen LogP contribution in [0.25, 0.3) is 10.9 Å². The van der Waals surface area contributed by atoms with Gasteiger partial charge in [0.05, 0.1) is 30.9 Å². The summed E-state index contributed by atoms with van der Waals surface area (Å²) in [5.74, 6) is 2.66. The van der Waals surface area contributed by atoms with Crippen molar-refractivity contribution in [1.29, 1.82) is 0 Å². The molecule has 4 rings (SSSR count). The number of benzene rings is 3. The standard InChI is InChI=1S/C31H36ClN3O5/c1-21(2)22-4-6-23(7-5-22)34-24-8-9-29(26(32)18-24)40-28-10-11-33-27-20-31(30(38-3)19-25(27)28)39-17-14-35(12-15-36)13-16-37/h4-11,18-21,34,36-37H,12-17H2,1-3H3. The Morgan fingerprint density at radius 2 is 1.57 bits per heavy atom. The van der Waals surface area contributed by atoms with E-state index in [1.54, 1.807) is 19.4 Å². The van der Waals surface area contributed by atoms with Crippen LogP contribution in [0.5, 0.6) is 23.0 Å². The van der Waals surface area contributed by atoms with Crippen molar-refractivity contribution < 1.29 is 24.4 Å². The maximum atomic E-state index is 9.21. The Balaban J connectivity index is 1.49. The molecule has 0 aliphatic carbocycles. The van der Waals surface area contributed by atoms with Crippen LogP contribution in [0.2, 0.25) is 5.02 Å². The van der Waals surface area contributed by atoms with E-state index in [-0.39, 0.29) is 13.2 Å². The SMILES string of the molecule is COc1cc2c(Oc3ccc(Nc4ccc(C(C)C)cc4)cc3Cl)ccnc2cc1OCCN(CCO)CCO. The van der Waals surface area contributed by atoms with Gasteiger partial charge in [-0.05, 0) is 53.9 Å². The number of pyridine rings is 1. The summed E-state index contributed by atoms with van der Waals surface area (Å²) in [5, 5.41) is 23.0. The van der Waals surface area contributed by atoms with E-state index in [0.29, 0.717) is 65.7 Å². The first kappa shape index (κ1) is 29.4. The highest BCUT2D eigenvalue weighted by molar-refractivity contribution is 6.32. The van der Waals surface area contributed by atoms with Crippen molar-refractivity contribution in [2.75, 3.05) is 51.9 Å². The molecule has 0 aliphatic heterocycles. The van der Waals surface area contributed by atoms with Crippen LogP contribution in [-0.2, 0) is 0 Å². The van der Waals surface area contributed by atoms with Gasteiger partial charge in [-0.1, -0.05) is 37.6 Å². The molecule has 0 fully saturated rings. The number of hydrogen-bond acceptors (Lipinski definition) is 8. The lowest BCUT2D eigenvalue weighted by molar-refractivity contribution is 0.140. The van der Waals surface area contributed by atoms with Crippen molar-refractivity contribution in [3.63, 3.8) is 0 Å². The topological polar surface area (TPSA) is 96.3 Å². The number of nitrogens with zero attached hydrogens (tertiary/aromatic N) is 2. The lowest BCUT2D eigenvalue weighted by Gasteiger charge is -2.20. The summed E-state index contributed by atoms with van der Waals surface area (Å²) in [4.78, 5) is 6.41. The fourth-order valence-electron chi connectivity index (χ4n) is 4.29. The quantitative estimate of drug-likeness (QED) is 0.166. The van der Waals surface area contributed by atoms with Gasteiger partial charge in [0.2, 0.25) is 0 Å². The third-order valence-electron chi connectivity index (χ3n) is 6.50. The molecule has 4 aromatic rings. The van der Waals surface area contributed by atoms with Gasteiger partial charge in [-0.2, -0.15) is 0 Å². The van der Waals surface area contributed by atoms with Gasteiger partial charge >= 0.3 is 0 Å². The predicted octanol–water partition coefficient (Wildman–Crippen LogP) is 6.22. The first-order valence-electron chi connectivity index (χ1n) is 13.3. The Hall–Kier alpha value is -3.56. The number of aliphatic hydroxyl groups is 2. The number of rotatable bonds is 14. The van der Waals surface area contributed by atoms with Crippen molar-refractivity contribution in [2.45, 2.75) is 19.8 Å². The van der Waals surface area contributed by atoms with Crippen molar-refractivity contribution in [2.24, 2.45) is 0 Å². The Kier molecular flexibility index (Phi) is 10.4. The van der Waals surface area contributed by atoms with Crippen molar-refractivity contribution in [3.05, 3.63) is 77.4 Å². The molecule has 3 aromatic carbocycles. The molecule has 40 heavy (non-hydrogen) atoms. The number of halogens is 1. The van der Waals surface area contributed by atoms with Gasteiger partial charge in [-0.25, -0.2) is 0 Å². The molecule has 212 valence electrons. The summed E-state index contributed by atoms with van der Waals surface area (Å²) < 4.78 is 17.8. The largest absolute Gasteiger partial charge is 0.493 e. The maximum absolute atomic E-state index is 9.21. The molecule has 9 heteroatoms. The minimum absolute atomic E-state index is 0.0154. The summed E-state index contributed by atoms with van der Waals surface area (Å²) >= 11 is 6.61.